The number of nitriles is 1. The SMILES string of the molecule is N#CCNC(=O)CNC(=O)Cc1nc2cc(N3CCCC3)ccc2s1. The van der Waals surface area contributed by atoms with Crippen LogP contribution in [0, 0.1) is 11.3 Å². The predicted molar refractivity (Wildman–Crippen MR) is 96.4 cm³/mol. The number of hydrogen-bond acceptors (Lipinski definition) is 6. The van der Waals surface area contributed by atoms with Crippen LogP contribution in [0.5, 0.6) is 0 Å². The summed E-state index contributed by atoms with van der Waals surface area (Å²) in [5, 5.41) is 14.0. The predicted octanol–water partition coefficient (Wildman–Crippen LogP) is 1.19. The maximum Gasteiger partial charge on any atom is 0.240 e. The first kappa shape index (κ1) is 17.2. The molecule has 1 aliphatic heterocycles. The van der Waals surface area contributed by atoms with Crippen molar-refractivity contribution in [2.24, 2.45) is 0 Å². The minimum Gasteiger partial charge on any atom is -0.371 e. The van der Waals surface area contributed by atoms with Gasteiger partial charge < -0.3 is 15.5 Å². The van der Waals surface area contributed by atoms with Gasteiger partial charge in [0, 0.05) is 18.8 Å². The van der Waals surface area contributed by atoms with Crippen LogP contribution in [-0.4, -0.2) is 43.0 Å². The molecule has 1 aromatic carbocycles. The van der Waals surface area contributed by atoms with E-state index in [1.165, 1.54) is 29.9 Å². The molecule has 2 aromatic rings. The van der Waals surface area contributed by atoms with Crippen molar-refractivity contribution in [1.29, 1.82) is 5.26 Å². The number of thiazole rings is 1. The average molecular weight is 357 g/mol. The standard InChI is InChI=1S/C17H19N5O2S/c18-5-6-19-16(24)11-20-15(23)10-17-21-13-9-12(3-4-14(13)25-17)22-7-1-2-8-22/h3-4,9H,1-2,6-8,10-11H2,(H,19,24)(H,20,23). The monoisotopic (exact) mass is 357 g/mol. The molecule has 0 bridgehead atoms. The van der Waals surface area contributed by atoms with Crippen molar-refractivity contribution in [3.05, 3.63) is 23.2 Å². The molecule has 0 unspecified atom stereocenters. The number of rotatable bonds is 6. The molecular formula is C17H19N5O2S. The van der Waals surface area contributed by atoms with Gasteiger partial charge in [0.25, 0.3) is 0 Å². The Balaban J connectivity index is 1.59. The summed E-state index contributed by atoms with van der Waals surface area (Å²) in [4.78, 5) is 30.2. The second kappa shape index (κ2) is 7.94. The van der Waals surface area contributed by atoms with Gasteiger partial charge in [0.1, 0.15) is 11.6 Å². The Bertz CT molecular complexity index is 820. The van der Waals surface area contributed by atoms with Gasteiger partial charge >= 0.3 is 0 Å². The molecule has 0 saturated carbocycles. The summed E-state index contributed by atoms with van der Waals surface area (Å²) in [5.74, 6) is -0.639. The first-order valence-electron chi connectivity index (χ1n) is 8.20. The number of nitrogens with one attached hydrogen (secondary N) is 2. The molecule has 0 radical (unpaired) electrons. The molecule has 0 aliphatic carbocycles. The molecule has 3 rings (SSSR count). The first-order valence-corrected chi connectivity index (χ1v) is 9.02. The van der Waals surface area contributed by atoms with E-state index in [9.17, 15) is 9.59 Å². The third-order valence-corrected chi connectivity index (χ3v) is 5.05. The van der Waals surface area contributed by atoms with Crippen molar-refractivity contribution >= 4 is 39.1 Å². The third-order valence-electron chi connectivity index (χ3n) is 4.01. The van der Waals surface area contributed by atoms with Crippen LogP contribution in [0.3, 0.4) is 0 Å². The van der Waals surface area contributed by atoms with Gasteiger partial charge in [-0.05, 0) is 31.0 Å². The highest BCUT2D eigenvalue weighted by molar-refractivity contribution is 7.18. The highest BCUT2D eigenvalue weighted by Crippen LogP contribution is 2.28. The number of hydrogen-bond donors (Lipinski definition) is 2. The quantitative estimate of drug-likeness (QED) is 0.757. The van der Waals surface area contributed by atoms with E-state index in [1.54, 1.807) is 0 Å². The maximum absolute atomic E-state index is 11.9. The van der Waals surface area contributed by atoms with Gasteiger partial charge in [0.15, 0.2) is 0 Å². The van der Waals surface area contributed by atoms with E-state index in [-0.39, 0.29) is 31.3 Å². The van der Waals surface area contributed by atoms with Crippen LogP contribution in [0.2, 0.25) is 0 Å². The molecule has 130 valence electrons. The number of fused-ring (bicyclic) bond motifs is 1. The van der Waals surface area contributed by atoms with Gasteiger partial charge in [-0.3, -0.25) is 9.59 Å². The molecule has 2 heterocycles. The van der Waals surface area contributed by atoms with Crippen LogP contribution in [0.4, 0.5) is 5.69 Å². The highest BCUT2D eigenvalue weighted by Gasteiger charge is 2.15. The van der Waals surface area contributed by atoms with E-state index >= 15 is 0 Å². The fourth-order valence-corrected chi connectivity index (χ4v) is 3.74. The molecule has 7 nitrogen and oxygen atoms in total. The maximum atomic E-state index is 11.9. The molecular weight excluding hydrogens is 338 g/mol. The van der Waals surface area contributed by atoms with Crippen LogP contribution in [-0.2, 0) is 16.0 Å². The molecule has 1 fully saturated rings. The van der Waals surface area contributed by atoms with E-state index < -0.39 is 0 Å². The van der Waals surface area contributed by atoms with Crippen molar-refractivity contribution in [3.8, 4) is 6.07 Å². The lowest BCUT2D eigenvalue weighted by Gasteiger charge is -2.16. The zero-order chi connectivity index (χ0) is 17.6. The van der Waals surface area contributed by atoms with Gasteiger partial charge in [-0.15, -0.1) is 11.3 Å². The van der Waals surface area contributed by atoms with E-state index in [0.717, 1.165) is 28.3 Å². The summed E-state index contributed by atoms with van der Waals surface area (Å²) in [7, 11) is 0. The van der Waals surface area contributed by atoms with Crippen LogP contribution in [0.25, 0.3) is 10.2 Å². The average Bonchev–Trinajstić information content (AvgIpc) is 3.26. The minimum atomic E-state index is -0.380. The second-order valence-electron chi connectivity index (χ2n) is 5.84. The number of amides is 2. The largest absolute Gasteiger partial charge is 0.371 e. The summed E-state index contributed by atoms with van der Waals surface area (Å²) < 4.78 is 1.05. The minimum absolute atomic E-state index is 0.0636. The zero-order valence-electron chi connectivity index (χ0n) is 13.7. The van der Waals surface area contributed by atoms with Gasteiger partial charge in [-0.25, -0.2) is 4.98 Å². The van der Waals surface area contributed by atoms with Crippen molar-refractivity contribution in [2.75, 3.05) is 31.1 Å². The fourth-order valence-electron chi connectivity index (χ4n) is 2.79. The topological polar surface area (TPSA) is 98.1 Å². The number of benzene rings is 1. The van der Waals surface area contributed by atoms with Gasteiger partial charge in [-0.1, -0.05) is 0 Å². The second-order valence-corrected chi connectivity index (χ2v) is 6.96. The van der Waals surface area contributed by atoms with Gasteiger partial charge in [-0.2, -0.15) is 5.26 Å². The number of aromatic nitrogens is 1. The Kier molecular flexibility index (Phi) is 5.46. The lowest BCUT2D eigenvalue weighted by Crippen LogP contribution is -2.37. The lowest BCUT2D eigenvalue weighted by atomic mass is 10.2. The van der Waals surface area contributed by atoms with E-state index in [0.29, 0.717) is 0 Å². The summed E-state index contributed by atoms with van der Waals surface area (Å²) in [6, 6.07) is 8.05. The van der Waals surface area contributed by atoms with Crippen molar-refractivity contribution in [1.82, 2.24) is 15.6 Å². The van der Waals surface area contributed by atoms with Crippen molar-refractivity contribution < 1.29 is 9.59 Å². The molecule has 25 heavy (non-hydrogen) atoms. The third kappa shape index (κ3) is 4.45. The first-order chi connectivity index (χ1) is 12.2. The normalized spacial score (nSPS) is 13.6. The summed E-state index contributed by atoms with van der Waals surface area (Å²) in [6.07, 6.45) is 2.59. The summed E-state index contributed by atoms with van der Waals surface area (Å²) >= 11 is 1.49. The van der Waals surface area contributed by atoms with Crippen LogP contribution < -0.4 is 15.5 Å². The van der Waals surface area contributed by atoms with Crippen LogP contribution in [0.1, 0.15) is 17.8 Å². The van der Waals surface area contributed by atoms with Crippen LogP contribution in [0.15, 0.2) is 18.2 Å². The molecule has 2 N–H and O–H groups in total. The lowest BCUT2D eigenvalue weighted by molar-refractivity contribution is -0.125. The molecule has 1 aliphatic rings. The van der Waals surface area contributed by atoms with E-state index in [1.807, 2.05) is 6.07 Å². The highest BCUT2D eigenvalue weighted by atomic mass is 32.1. The van der Waals surface area contributed by atoms with E-state index in [4.69, 9.17) is 5.26 Å². The Hall–Kier alpha value is -2.66. The molecule has 2 amide bonds. The van der Waals surface area contributed by atoms with Crippen molar-refractivity contribution in [3.63, 3.8) is 0 Å². The number of nitrogens with zero attached hydrogens (tertiary/aromatic N) is 3. The summed E-state index contributed by atoms with van der Waals surface area (Å²) in [5.41, 5.74) is 2.09. The molecule has 1 aromatic heterocycles. The van der Waals surface area contributed by atoms with Gasteiger partial charge in [0.05, 0.1) is 29.3 Å². The van der Waals surface area contributed by atoms with Crippen LogP contribution >= 0.6 is 11.3 Å². The molecule has 1 saturated heterocycles. The Morgan fingerprint density at radius 3 is 2.80 bits per heavy atom. The number of carbonyl (C=O) groups excluding carboxylic acids is 2. The Labute approximate surface area is 149 Å². The Morgan fingerprint density at radius 1 is 1.24 bits per heavy atom. The summed E-state index contributed by atoms with van der Waals surface area (Å²) in [6.45, 7) is 1.97. The van der Waals surface area contributed by atoms with Gasteiger partial charge in [0.2, 0.25) is 11.8 Å². The smallest absolute Gasteiger partial charge is 0.240 e. The molecule has 0 atom stereocenters. The number of carbonyl (C=O) groups is 2. The fraction of sp³-hybridized carbons (Fsp3) is 0.412. The molecule has 8 heteroatoms. The number of anilines is 1. The van der Waals surface area contributed by atoms with Crippen molar-refractivity contribution in [2.45, 2.75) is 19.3 Å². The zero-order valence-corrected chi connectivity index (χ0v) is 14.6. The van der Waals surface area contributed by atoms with E-state index in [2.05, 4.69) is 38.7 Å². The Morgan fingerprint density at radius 2 is 2.04 bits per heavy atom. The molecule has 0 spiro atoms.